The standard InChI is InChI=1S/C8H7S3.FHO3S/c1-9-8-10-6-4-2-3-5-7(6)11-8;1-5(2,3)4/h2-5H,1H3;(H,2,3,4)/q+1;. The van der Waals surface area contributed by atoms with Crippen LogP contribution < -0.4 is 0 Å². The van der Waals surface area contributed by atoms with E-state index in [0.717, 1.165) is 0 Å². The average Bonchev–Trinajstić information content (AvgIpc) is 2.57. The van der Waals surface area contributed by atoms with Crippen molar-refractivity contribution in [3.63, 3.8) is 0 Å². The Labute approximate surface area is 105 Å². The molecule has 0 aliphatic rings. The quantitative estimate of drug-likeness (QED) is 0.377. The maximum Gasteiger partial charge on any atom is 0.435 e. The molecule has 1 heterocycles. The molecule has 0 atom stereocenters. The van der Waals surface area contributed by atoms with Crippen molar-refractivity contribution >= 4 is 54.3 Å². The minimum atomic E-state index is -5.17. The van der Waals surface area contributed by atoms with Crippen LogP contribution in [0.25, 0.3) is 9.40 Å². The van der Waals surface area contributed by atoms with Gasteiger partial charge in [0.1, 0.15) is 22.7 Å². The third-order valence-corrected chi connectivity index (χ3v) is 5.35. The fourth-order valence-corrected chi connectivity index (χ4v) is 4.05. The zero-order valence-corrected chi connectivity index (χ0v) is 11.4. The lowest BCUT2D eigenvalue weighted by atomic mass is 10.4. The molecule has 0 fully saturated rings. The first-order valence-corrected chi connectivity index (χ1v) is 8.12. The van der Waals surface area contributed by atoms with Crippen LogP contribution in [0.5, 0.6) is 0 Å². The van der Waals surface area contributed by atoms with Gasteiger partial charge in [0.25, 0.3) is 0 Å². The molecule has 2 aromatic rings. The molecule has 8 heteroatoms. The third kappa shape index (κ3) is 5.17. The van der Waals surface area contributed by atoms with E-state index in [-0.39, 0.29) is 0 Å². The highest BCUT2D eigenvalue weighted by molar-refractivity contribution is 8.02. The molecule has 88 valence electrons. The van der Waals surface area contributed by atoms with E-state index in [4.69, 9.17) is 13.0 Å². The molecule has 1 N–H and O–H groups in total. The van der Waals surface area contributed by atoms with Gasteiger partial charge in [-0.2, -0.15) is 8.42 Å². The summed E-state index contributed by atoms with van der Waals surface area (Å²) in [4.78, 5) is 0. The van der Waals surface area contributed by atoms with Gasteiger partial charge in [0, 0.05) is 0 Å². The number of thioether (sulfide) groups is 1. The second-order valence-corrected chi connectivity index (χ2v) is 7.04. The van der Waals surface area contributed by atoms with Gasteiger partial charge in [-0.3, -0.25) is 4.55 Å². The van der Waals surface area contributed by atoms with E-state index < -0.39 is 10.5 Å². The normalized spacial score (nSPS) is 10.9. The van der Waals surface area contributed by atoms with Crippen molar-refractivity contribution in [2.24, 2.45) is 0 Å². The Morgan fingerprint density at radius 3 is 2.50 bits per heavy atom. The van der Waals surface area contributed by atoms with Crippen molar-refractivity contribution in [1.29, 1.82) is 0 Å². The number of rotatable bonds is 1. The van der Waals surface area contributed by atoms with Gasteiger partial charge in [-0.15, -0.1) is 0 Å². The SMILES string of the molecule is CSc1sc2ccccc2[s+]1.O=S(=O)(O)F. The Kier molecular flexibility index (Phi) is 5.06. The van der Waals surface area contributed by atoms with Crippen molar-refractivity contribution in [2.45, 2.75) is 3.52 Å². The highest BCUT2D eigenvalue weighted by Gasteiger charge is 2.12. The van der Waals surface area contributed by atoms with Crippen LogP contribution in [0.4, 0.5) is 3.89 Å². The summed E-state index contributed by atoms with van der Waals surface area (Å²) < 4.78 is 38.3. The molecule has 1 aromatic heterocycles. The van der Waals surface area contributed by atoms with Crippen LogP contribution >= 0.6 is 34.4 Å². The smallest absolute Gasteiger partial charge is 0.260 e. The second kappa shape index (κ2) is 5.87. The van der Waals surface area contributed by atoms with Gasteiger partial charge in [-0.05, 0) is 18.4 Å². The largest absolute Gasteiger partial charge is 0.435 e. The lowest BCUT2D eigenvalue weighted by Crippen LogP contribution is -1.80. The molecule has 0 aliphatic heterocycles. The van der Waals surface area contributed by atoms with Crippen LogP contribution in [0.3, 0.4) is 0 Å². The van der Waals surface area contributed by atoms with E-state index in [2.05, 4.69) is 30.5 Å². The summed E-state index contributed by atoms with van der Waals surface area (Å²) in [6, 6.07) is 8.54. The van der Waals surface area contributed by atoms with Gasteiger partial charge in [-0.1, -0.05) is 27.8 Å². The van der Waals surface area contributed by atoms with E-state index in [1.807, 2.05) is 34.4 Å². The monoisotopic (exact) mass is 299 g/mol. The average molecular weight is 299 g/mol. The van der Waals surface area contributed by atoms with Crippen molar-refractivity contribution in [2.75, 3.05) is 6.26 Å². The first-order chi connectivity index (χ1) is 7.40. The summed E-state index contributed by atoms with van der Waals surface area (Å²) in [5.41, 5.74) is 0. The number of benzene rings is 1. The van der Waals surface area contributed by atoms with Gasteiger partial charge in [-0.25, -0.2) is 0 Å². The summed E-state index contributed by atoms with van der Waals surface area (Å²) >= 11 is 5.59. The van der Waals surface area contributed by atoms with E-state index in [0.29, 0.717) is 0 Å². The number of halogens is 1. The lowest BCUT2D eigenvalue weighted by Gasteiger charge is -1.73. The Hall–Kier alpha value is -0.280. The summed E-state index contributed by atoms with van der Waals surface area (Å²) in [5, 5.41) is 0. The van der Waals surface area contributed by atoms with Crippen molar-refractivity contribution < 1.29 is 16.9 Å². The molecular formula is C8H8FO3S4+. The molecule has 16 heavy (non-hydrogen) atoms. The highest BCUT2D eigenvalue weighted by atomic mass is 32.3. The molecular weight excluding hydrogens is 291 g/mol. The molecule has 0 unspecified atom stereocenters. The molecule has 0 aliphatic carbocycles. The molecule has 2 rings (SSSR count). The highest BCUT2D eigenvalue weighted by Crippen LogP contribution is 2.36. The summed E-state index contributed by atoms with van der Waals surface area (Å²) in [5.74, 6) is 0. The maximum absolute atomic E-state index is 10.2. The van der Waals surface area contributed by atoms with Gasteiger partial charge in [0.05, 0.1) is 0 Å². The van der Waals surface area contributed by atoms with E-state index >= 15 is 0 Å². The molecule has 0 amide bonds. The van der Waals surface area contributed by atoms with E-state index in [1.54, 1.807) is 0 Å². The zero-order chi connectivity index (χ0) is 12.2. The van der Waals surface area contributed by atoms with Crippen LogP contribution in [0.1, 0.15) is 0 Å². The minimum absolute atomic E-state index is 1.40. The van der Waals surface area contributed by atoms with Crippen molar-refractivity contribution in [3.05, 3.63) is 24.3 Å². The van der Waals surface area contributed by atoms with Crippen LogP contribution in [0, 0.1) is 0 Å². The Balaban J connectivity index is 0.000000221. The fourth-order valence-electron chi connectivity index (χ4n) is 0.903. The third-order valence-electron chi connectivity index (χ3n) is 1.40. The topological polar surface area (TPSA) is 54.4 Å². The molecule has 0 saturated carbocycles. The van der Waals surface area contributed by atoms with Gasteiger partial charge < -0.3 is 0 Å². The minimum Gasteiger partial charge on any atom is -0.260 e. The maximum atomic E-state index is 10.2. The molecule has 1 aromatic carbocycles. The lowest BCUT2D eigenvalue weighted by molar-refractivity contribution is 0.435. The molecule has 0 saturated heterocycles. The first kappa shape index (κ1) is 13.8. The summed E-state index contributed by atoms with van der Waals surface area (Å²) in [6.45, 7) is 0. The van der Waals surface area contributed by atoms with E-state index in [9.17, 15) is 3.89 Å². The van der Waals surface area contributed by atoms with Crippen molar-refractivity contribution in [3.8, 4) is 0 Å². The van der Waals surface area contributed by atoms with Crippen molar-refractivity contribution in [1.82, 2.24) is 0 Å². The Morgan fingerprint density at radius 1 is 1.44 bits per heavy atom. The van der Waals surface area contributed by atoms with Crippen LogP contribution in [-0.4, -0.2) is 19.2 Å². The summed E-state index contributed by atoms with van der Waals surface area (Å²) in [6.07, 6.45) is 2.13. The Bertz CT molecular complexity index is 522. The van der Waals surface area contributed by atoms with Gasteiger partial charge in [0.2, 0.25) is 0 Å². The first-order valence-electron chi connectivity index (χ1n) is 3.93. The molecule has 0 spiro atoms. The predicted molar refractivity (Wildman–Crippen MR) is 68.5 cm³/mol. The van der Waals surface area contributed by atoms with Gasteiger partial charge >= 0.3 is 14.0 Å². The fraction of sp³-hybridized carbons (Fsp3) is 0.125. The predicted octanol–water partition coefficient (Wildman–Crippen LogP) is 3.72. The zero-order valence-electron chi connectivity index (χ0n) is 8.08. The Morgan fingerprint density at radius 2 is 2.00 bits per heavy atom. The van der Waals surface area contributed by atoms with Crippen LogP contribution in [-0.2, 0) is 10.5 Å². The summed E-state index contributed by atoms with van der Waals surface area (Å²) in [7, 11) is -5.17. The molecule has 0 radical (unpaired) electrons. The second-order valence-electron chi connectivity index (χ2n) is 2.52. The van der Waals surface area contributed by atoms with Crippen LogP contribution in [0.15, 0.2) is 27.8 Å². The molecule has 3 nitrogen and oxygen atoms in total. The molecule has 0 bridgehead atoms. The van der Waals surface area contributed by atoms with Gasteiger partial charge in [0.15, 0.2) is 9.40 Å². The van der Waals surface area contributed by atoms with Crippen LogP contribution in [0.2, 0.25) is 0 Å². The number of fused-ring (bicyclic) bond motifs is 1. The number of hydrogen-bond acceptors (Lipinski definition) is 4. The number of hydrogen-bond donors (Lipinski definition) is 1. The van der Waals surface area contributed by atoms with E-state index in [1.165, 1.54) is 12.9 Å².